The SMILES string of the molecule is COc1cnc2c(Oc3ccc(Nc4nnc(-c5ccc(Cl)cc5)c5ccccc45)cn3)ccnc2c1. The second kappa shape index (κ2) is 9.67. The summed E-state index contributed by atoms with van der Waals surface area (Å²) in [6.07, 6.45) is 4.96. The standard InChI is InChI=1S/C28H19ClN6O2/c1-36-20-14-23-27(32-16-20)24(12-13-30-23)37-25-11-10-19(15-31-25)33-28-22-5-3-2-4-21(22)26(34-35-28)17-6-8-18(29)9-7-17/h2-16H,1H3,(H,33,35). The number of hydrogen-bond acceptors (Lipinski definition) is 8. The van der Waals surface area contributed by atoms with Crippen LogP contribution in [0.3, 0.4) is 0 Å². The summed E-state index contributed by atoms with van der Waals surface area (Å²) >= 11 is 6.05. The normalized spacial score (nSPS) is 11.0. The average molecular weight is 507 g/mol. The number of ether oxygens (including phenoxy) is 2. The van der Waals surface area contributed by atoms with Crippen LogP contribution >= 0.6 is 11.6 Å². The number of aromatic nitrogens is 5. The first-order valence-corrected chi connectivity index (χ1v) is 11.8. The molecule has 0 saturated heterocycles. The number of pyridine rings is 3. The van der Waals surface area contributed by atoms with Crippen LogP contribution in [0.4, 0.5) is 11.5 Å². The third-order valence-electron chi connectivity index (χ3n) is 5.77. The topological polar surface area (TPSA) is 94.9 Å². The van der Waals surface area contributed by atoms with Crippen LogP contribution in [0.25, 0.3) is 33.1 Å². The van der Waals surface area contributed by atoms with Crippen molar-refractivity contribution < 1.29 is 9.47 Å². The van der Waals surface area contributed by atoms with E-state index < -0.39 is 0 Å². The molecule has 0 aliphatic rings. The van der Waals surface area contributed by atoms with Gasteiger partial charge in [-0.1, -0.05) is 48.0 Å². The van der Waals surface area contributed by atoms with Crippen LogP contribution in [0, 0.1) is 0 Å². The van der Waals surface area contributed by atoms with Gasteiger partial charge in [0.15, 0.2) is 11.6 Å². The molecule has 0 radical (unpaired) electrons. The summed E-state index contributed by atoms with van der Waals surface area (Å²) in [6.45, 7) is 0. The summed E-state index contributed by atoms with van der Waals surface area (Å²) in [6, 6.07) is 22.7. The van der Waals surface area contributed by atoms with Gasteiger partial charge in [-0.2, -0.15) is 0 Å². The van der Waals surface area contributed by atoms with E-state index in [-0.39, 0.29) is 0 Å². The van der Waals surface area contributed by atoms with Crippen LogP contribution in [-0.4, -0.2) is 32.3 Å². The molecule has 1 N–H and O–H groups in total. The lowest BCUT2D eigenvalue weighted by atomic mass is 10.0. The number of halogens is 1. The molecule has 0 bridgehead atoms. The van der Waals surface area contributed by atoms with Gasteiger partial charge in [-0.15, -0.1) is 10.2 Å². The first-order valence-electron chi connectivity index (χ1n) is 11.4. The minimum absolute atomic E-state index is 0.421. The first kappa shape index (κ1) is 22.6. The van der Waals surface area contributed by atoms with E-state index in [2.05, 4.69) is 30.5 Å². The second-order valence-electron chi connectivity index (χ2n) is 8.11. The van der Waals surface area contributed by atoms with E-state index in [1.54, 1.807) is 43.9 Å². The fourth-order valence-corrected chi connectivity index (χ4v) is 4.09. The van der Waals surface area contributed by atoms with Crippen LogP contribution in [-0.2, 0) is 0 Å². The van der Waals surface area contributed by atoms with Gasteiger partial charge in [0.2, 0.25) is 5.88 Å². The Morgan fingerprint density at radius 2 is 1.65 bits per heavy atom. The Hall–Kier alpha value is -4.82. The summed E-state index contributed by atoms with van der Waals surface area (Å²) in [5.41, 5.74) is 3.76. The van der Waals surface area contributed by atoms with E-state index in [1.807, 2.05) is 54.6 Å². The zero-order valence-electron chi connectivity index (χ0n) is 19.6. The molecule has 4 aromatic heterocycles. The monoisotopic (exact) mass is 506 g/mol. The molecule has 2 aromatic carbocycles. The van der Waals surface area contributed by atoms with Crippen molar-refractivity contribution in [1.29, 1.82) is 0 Å². The summed E-state index contributed by atoms with van der Waals surface area (Å²) in [5.74, 6) is 2.23. The molecule has 6 rings (SSSR count). The van der Waals surface area contributed by atoms with Crippen molar-refractivity contribution in [2.45, 2.75) is 0 Å². The van der Waals surface area contributed by atoms with Gasteiger partial charge >= 0.3 is 0 Å². The second-order valence-corrected chi connectivity index (χ2v) is 8.55. The Labute approximate surface area is 216 Å². The highest BCUT2D eigenvalue weighted by Gasteiger charge is 2.12. The van der Waals surface area contributed by atoms with Crippen molar-refractivity contribution in [3.8, 4) is 28.6 Å². The Morgan fingerprint density at radius 3 is 2.43 bits per heavy atom. The highest BCUT2D eigenvalue weighted by atomic mass is 35.5. The molecule has 0 aliphatic heterocycles. The molecule has 0 aliphatic carbocycles. The highest BCUT2D eigenvalue weighted by molar-refractivity contribution is 6.30. The zero-order valence-corrected chi connectivity index (χ0v) is 20.3. The lowest BCUT2D eigenvalue weighted by molar-refractivity contribution is 0.413. The van der Waals surface area contributed by atoms with Gasteiger partial charge < -0.3 is 14.8 Å². The van der Waals surface area contributed by atoms with E-state index in [0.29, 0.717) is 39.3 Å². The maximum atomic E-state index is 6.05. The molecule has 180 valence electrons. The molecule has 8 nitrogen and oxygen atoms in total. The molecular formula is C28H19ClN6O2. The molecule has 6 aromatic rings. The van der Waals surface area contributed by atoms with E-state index in [0.717, 1.165) is 27.7 Å². The minimum Gasteiger partial charge on any atom is -0.495 e. The number of anilines is 2. The molecule has 4 heterocycles. The van der Waals surface area contributed by atoms with Crippen molar-refractivity contribution in [2.75, 3.05) is 12.4 Å². The third-order valence-corrected chi connectivity index (χ3v) is 6.02. The van der Waals surface area contributed by atoms with Crippen molar-refractivity contribution in [3.63, 3.8) is 0 Å². The largest absolute Gasteiger partial charge is 0.495 e. The molecular weight excluding hydrogens is 488 g/mol. The number of nitrogens with one attached hydrogen (secondary N) is 1. The first-order chi connectivity index (χ1) is 18.2. The molecule has 0 unspecified atom stereocenters. The van der Waals surface area contributed by atoms with Gasteiger partial charge in [0.25, 0.3) is 0 Å². The zero-order chi connectivity index (χ0) is 25.2. The number of hydrogen-bond donors (Lipinski definition) is 1. The minimum atomic E-state index is 0.421. The van der Waals surface area contributed by atoms with Crippen LogP contribution < -0.4 is 14.8 Å². The number of methoxy groups -OCH3 is 1. The maximum Gasteiger partial charge on any atom is 0.219 e. The predicted molar refractivity (Wildman–Crippen MR) is 144 cm³/mol. The fraction of sp³-hybridized carbons (Fsp3) is 0.0357. The van der Waals surface area contributed by atoms with Crippen molar-refractivity contribution in [3.05, 3.63) is 96.4 Å². The summed E-state index contributed by atoms with van der Waals surface area (Å²) in [4.78, 5) is 13.2. The van der Waals surface area contributed by atoms with Gasteiger partial charge in [-0.25, -0.2) is 9.97 Å². The van der Waals surface area contributed by atoms with Gasteiger partial charge in [-0.3, -0.25) is 4.98 Å². The van der Waals surface area contributed by atoms with Crippen LogP contribution in [0.1, 0.15) is 0 Å². The molecule has 0 saturated carbocycles. The number of nitrogens with zero attached hydrogens (tertiary/aromatic N) is 5. The van der Waals surface area contributed by atoms with E-state index in [9.17, 15) is 0 Å². The van der Waals surface area contributed by atoms with Crippen molar-refractivity contribution in [2.24, 2.45) is 0 Å². The molecule has 0 amide bonds. The maximum absolute atomic E-state index is 6.05. The van der Waals surface area contributed by atoms with Gasteiger partial charge in [0.1, 0.15) is 17.0 Å². The number of rotatable bonds is 6. The smallest absolute Gasteiger partial charge is 0.219 e. The summed E-state index contributed by atoms with van der Waals surface area (Å²) in [7, 11) is 1.59. The fourth-order valence-electron chi connectivity index (χ4n) is 3.96. The average Bonchev–Trinajstić information content (AvgIpc) is 2.95. The van der Waals surface area contributed by atoms with Gasteiger partial charge in [0.05, 0.1) is 30.7 Å². The van der Waals surface area contributed by atoms with E-state index in [1.165, 1.54) is 0 Å². The Kier molecular flexibility index (Phi) is 5.92. The Morgan fingerprint density at radius 1 is 0.811 bits per heavy atom. The third kappa shape index (κ3) is 4.57. The van der Waals surface area contributed by atoms with Gasteiger partial charge in [-0.05, 0) is 18.2 Å². The Balaban J connectivity index is 1.26. The lowest BCUT2D eigenvalue weighted by Crippen LogP contribution is -2.00. The number of benzene rings is 2. The summed E-state index contributed by atoms with van der Waals surface area (Å²) < 4.78 is 11.2. The summed E-state index contributed by atoms with van der Waals surface area (Å²) in [5, 5.41) is 14.9. The quantitative estimate of drug-likeness (QED) is 0.262. The predicted octanol–water partition coefficient (Wildman–Crippen LogP) is 6.83. The van der Waals surface area contributed by atoms with Crippen LogP contribution in [0.5, 0.6) is 17.4 Å². The van der Waals surface area contributed by atoms with Gasteiger partial charge in [0, 0.05) is 45.8 Å². The van der Waals surface area contributed by atoms with E-state index >= 15 is 0 Å². The number of fused-ring (bicyclic) bond motifs is 2. The highest BCUT2D eigenvalue weighted by Crippen LogP contribution is 2.32. The molecule has 37 heavy (non-hydrogen) atoms. The Bertz CT molecular complexity index is 1730. The molecule has 0 spiro atoms. The van der Waals surface area contributed by atoms with Crippen LogP contribution in [0.2, 0.25) is 5.02 Å². The molecule has 0 atom stereocenters. The van der Waals surface area contributed by atoms with Crippen LogP contribution in [0.15, 0.2) is 91.4 Å². The van der Waals surface area contributed by atoms with Crippen molar-refractivity contribution >= 4 is 44.9 Å². The van der Waals surface area contributed by atoms with E-state index in [4.69, 9.17) is 21.1 Å². The lowest BCUT2D eigenvalue weighted by Gasteiger charge is -2.12. The van der Waals surface area contributed by atoms with Crippen molar-refractivity contribution in [1.82, 2.24) is 25.1 Å². The molecule has 9 heteroatoms. The molecule has 0 fully saturated rings.